The van der Waals surface area contributed by atoms with E-state index in [1.807, 2.05) is 0 Å². The van der Waals surface area contributed by atoms with Crippen LogP contribution in [0.25, 0.3) is 0 Å². The number of aliphatic carboxylic acids is 1. The van der Waals surface area contributed by atoms with Crippen molar-refractivity contribution in [2.75, 3.05) is 0 Å². The van der Waals surface area contributed by atoms with Crippen molar-refractivity contribution in [2.45, 2.75) is 31.6 Å². The van der Waals surface area contributed by atoms with Crippen molar-refractivity contribution < 1.29 is 19.5 Å². The van der Waals surface area contributed by atoms with Gasteiger partial charge < -0.3 is 10.4 Å². The summed E-state index contributed by atoms with van der Waals surface area (Å²) >= 11 is 3.87. The molecular weight excluding hydrogens is 206 g/mol. The Bertz CT molecular complexity index is 252. The lowest BCUT2D eigenvalue weighted by Gasteiger charge is -2.13. The van der Waals surface area contributed by atoms with Gasteiger partial charge in [0.15, 0.2) is 0 Å². The lowest BCUT2D eigenvalue weighted by molar-refractivity contribution is -0.143. The van der Waals surface area contributed by atoms with E-state index >= 15 is 0 Å². The predicted octanol–water partition coefficient (Wildman–Crippen LogP) is -0.147. The van der Waals surface area contributed by atoms with Gasteiger partial charge >= 0.3 is 5.97 Å². The fraction of sp³-hybridized carbons (Fsp3) is 0.625. The van der Waals surface area contributed by atoms with Gasteiger partial charge in [0.05, 0.1) is 5.25 Å². The van der Waals surface area contributed by atoms with Gasteiger partial charge in [-0.25, -0.2) is 4.79 Å². The Hall–Kier alpha value is -1.04. The Morgan fingerprint density at radius 1 is 1.43 bits per heavy atom. The van der Waals surface area contributed by atoms with Crippen molar-refractivity contribution in [1.82, 2.24) is 5.32 Å². The molecule has 0 aliphatic rings. The van der Waals surface area contributed by atoms with Crippen LogP contribution in [-0.2, 0) is 14.4 Å². The Balaban J connectivity index is 4.31. The first-order valence-electron chi connectivity index (χ1n) is 4.05. The highest BCUT2D eigenvalue weighted by atomic mass is 32.1. The largest absolute Gasteiger partial charge is 0.480 e. The molecule has 6 heteroatoms. The zero-order valence-electron chi connectivity index (χ0n) is 7.98. The summed E-state index contributed by atoms with van der Waals surface area (Å²) in [7, 11) is 0. The lowest BCUT2D eigenvalue weighted by atomic mass is 10.1. The molecule has 0 aromatic rings. The van der Waals surface area contributed by atoms with Gasteiger partial charge in [-0.3, -0.25) is 9.59 Å². The van der Waals surface area contributed by atoms with Crippen molar-refractivity contribution in [3.8, 4) is 0 Å². The predicted molar refractivity (Wildman–Crippen MR) is 53.3 cm³/mol. The topological polar surface area (TPSA) is 83.5 Å². The molecule has 0 aromatic carbocycles. The van der Waals surface area contributed by atoms with Crippen LogP contribution >= 0.6 is 12.6 Å². The molecule has 2 atom stereocenters. The first kappa shape index (κ1) is 13.0. The average Bonchev–Trinajstić information content (AvgIpc) is 2.01. The number of carbonyl (C=O) groups is 3. The molecule has 1 unspecified atom stereocenters. The molecule has 2 N–H and O–H groups in total. The average molecular weight is 219 g/mol. The van der Waals surface area contributed by atoms with Crippen LogP contribution in [-0.4, -0.2) is 34.1 Å². The Labute approximate surface area is 87.3 Å². The number of carboxylic acid groups (broad SMARTS) is 1. The van der Waals surface area contributed by atoms with Crippen LogP contribution < -0.4 is 5.32 Å². The number of carboxylic acids is 1. The zero-order chi connectivity index (χ0) is 11.3. The Kier molecular flexibility index (Phi) is 5.22. The van der Waals surface area contributed by atoms with E-state index in [2.05, 4.69) is 17.9 Å². The van der Waals surface area contributed by atoms with Crippen molar-refractivity contribution in [2.24, 2.45) is 0 Å². The third-order valence-corrected chi connectivity index (χ3v) is 1.83. The van der Waals surface area contributed by atoms with Crippen molar-refractivity contribution >= 4 is 30.3 Å². The van der Waals surface area contributed by atoms with Crippen molar-refractivity contribution in [3.63, 3.8) is 0 Å². The minimum Gasteiger partial charge on any atom is -0.480 e. The molecule has 0 radical (unpaired) electrons. The van der Waals surface area contributed by atoms with Crippen molar-refractivity contribution in [3.05, 3.63) is 0 Å². The number of ketones is 1. The van der Waals surface area contributed by atoms with Gasteiger partial charge in [0.25, 0.3) is 0 Å². The molecule has 0 bridgehead atoms. The van der Waals surface area contributed by atoms with Gasteiger partial charge in [-0.15, -0.1) is 0 Å². The van der Waals surface area contributed by atoms with Crippen LogP contribution in [0.4, 0.5) is 0 Å². The van der Waals surface area contributed by atoms with Crippen LogP contribution in [0.1, 0.15) is 20.3 Å². The molecule has 0 spiro atoms. The van der Waals surface area contributed by atoms with Crippen molar-refractivity contribution in [1.29, 1.82) is 0 Å². The molecule has 0 rings (SSSR count). The summed E-state index contributed by atoms with van der Waals surface area (Å²) in [6, 6.07) is -1.16. The molecule has 0 aliphatic heterocycles. The number of amides is 1. The van der Waals surface area contributed by atoms with Crippen LogP contribution in [0.2, 0.25) is 0 Å². The van der Waals surface area contributed by atoms with E-state index in [0.717, 1.165) is 0 Å². The van der Waals surface area contributed by atoms with E-state index < -0.39 is 23.2 Å². The SMILES string of the molecule is CC(=O)N[C@@H](CC(=O)C(C)S)C(=O)O. The summed E-state index contributed by atoms with van der Waals surface area (Å²) in [5.41, 5.74) is 0. The molecule has 0 saturated carbocycles. The maximum Gasteiger partial charge on any atom is 0.326 e. The summed E-state index contributed by atoms with van der Waals surface area (Å²) in [4.78, 5) is 32.4. The number of rotatable bonds is 5. The molecule has 0 fully saturated rings. The van der Waals surface area contributed by atoms with Crippen LogP contribution in [0.15, 0.2) is 0 Å². The number of hydrogen-bond donors (Lipinski definition) is 3. The molecule has 0 aliphatic carbocycles. The van der Waals surface area contributed by atoms with E-state index in [-0.39, 0.29) is 12.2 Å². The molecule has 5 nitrogen and oxygen atoms in total. The number of nitrogens with one attached hydrogen (secondary N) is 1. The van der Waals surface area contributed by atoms with Crippen LogP contribution in [0.5, 0.6) is 0 Å². The first-order valence-corrected chi connectivity index (χ1v) is 4.57. The smallest absolute Gasteiger partial charge is 0.326 e. The van der Waals surface area contributed by atoms with Crippen LogP contribution in [0, 0.1) is 0 Å². The minimum atomic E-state index is -1.22. The summed E-state index contributed by atoms with van der Waals surface area (Å²) in [5.74, 6) is -2.01. The standard InChI is InChI=1S/C8H13NO4S/c1-4(14)7(11)3-6(8(12)13)9-5(2)10/h4,6,14H,3H2,1-2H3,(H,9,10)(H,12,13)/t4?,6-/m0/s1. The fourth-order valence-corrected chi connectivity index (χ4v) is 0.923. The maximum atomic E-state index is 11.1. The Morgan fingerprint density at radius 3 is 2.21 bits per heavy atom. The number of carbonyl (C=O) groups excluding carboxylic acids is 2. The summed E-state index contributed by atoms with van der Waals surface area (Å²) < 4.78 is 0. The number of thiol groups is 1. The normalized spacial score (nSPS) is 14.2. The highest BCUT2D eigenvalue weighted by Gasteiger charge is 2.23. The molecule has 1 amide bonds. The highest BCUT2D eigenvalue weighted by molar-refractivity contribution is 7.81. The molecular formula is C8H13NO4S. The lowest BCUT2D eigenvalue weighted by Crippen LogP contribution is -2.41. The van der Waals surface area contributed by atoms with Gasteiger partial charge in [-0.2, -0.15) is 12.6 Å². The summed E-state index contributed by atoms with van der Waals surface area (Å²) in [5, 5.41) is 10.3. The molecule has 0 aromatic heterocycles. The number of Topliss-reactive ketones (excluding diaryl/α,β-unsaturated/α-hetero) is 1. The molecule has 80 valence electrons. The molecule has 0 saturated heterocycles. The molecule has 0 heterocycles. The second kappa shape index (κ2) is 5.64. The highest BCUT2D eigenvalue weighted by Crippen LogP contribution is 2.02. The van der Waals surface area contributed by atoms with Gasteiger partial charge in [0.2, 0.25) is 5.91 Å². The Morgan fingerprint density at radius 2 is 1.93 bits per heavy atom. The van der Waals surface area contributed by atoms with E-state index in [9.17, 15) is 14.4 Å². The second-order valence-corrected chi connectivity index (χ2v) is 3.71. The van der Waals surface area contributed by atoms with E-state index in [0.29, 0.717) is 0 Å². The third-order valence-electron chi connectivity index (χ3n) is 1.55. The van der Waals surface area contributed by atoms with Gasteiger partial charge in [-0.1, -0.05) is 0 Å². The third kappa shape index (κ3) is 4.86. The van der Waals surface area contributed by atoms with Gasteiger partial charge in [0.1, 0.15) is 11.8 Å². The minimum absolute atomic E-state index is 0.237. The van der Waals surface area contributed by atoms with Gasteiger partial charge in [0, 0.05) is 13.3 Å². The quantitative estimate of drug-likeness (QED) is 0.562. The first-order chi connectivity index (χ1) is 6.34. The monoisotopic (exact) mass is 219 g/mol. The second-order valence-electron chi connectivity index (χ2n) is 2.94. The van der Waals surface area contributed by atoms with E-state index in [1.165, 1.54) is 6.92 Å². The van der Waals surface area contributed by atoms with E-state index in [1.54, 1.807) is 6.92 Å². The maximum absolute atomic E-state index is 11.1. The summed E-state index contributed by atoms with van der Waals surface area (Å²) in [6.07, 6.45) is -0.237. The van der Waals surface area contributed by atoms with Crippen LogP contribution in [0.3, 0.4) is 0 Å². The van der Waals surface area contributed by atoms with E-state index in [4.69, 9.17) is 5.11 Å². The number of hydrogen-bond acceptors (Lipinski definition) is 4. The zero-order valence-corrected chi connectivity index (χ0v) is 8.88. The fourth-order valence-electron chi connectivity index (χ4n) is 0.817. The summed E-state index contributed by atoms with van der Waals surface area (Å²) in [6.45, 7) is 2.75. The molecule has 14 heavy (non-hydrogen) atoms. The van der Waals surface area contributed by atoms with Gasteiger partial charge in [-0.05, 0) is 6.92 Å².